The first kappa shape index (κ1) is 18.0. The highest BCUT2D eigenvalue weighted by Gasteiger charge is 2.48. The van der Waals surface area contributed by atoms with Gasteiger partial charge in [-0.1, -0.05) is 13.3 Å². The van der Waals surface area contributed by atoms with Gasteiger partial charge < -0.3 is 10.6 Å². The summed E-state index contributed by atoms with van der Waals surface area (Å²) in [5, 5.41) is 8.06. The Morgan fingerprint density at radius 2 is 2.18 bits per heavy atom. The second-order valence-electron chi connectivity index (χ2n) is 6.34. The van der Waals surface area contributed by atoms with Gasteiger partial charge in [-0.25, -0.2) is 4.98 Å². The Hall–Kier alpha value is -0.370. The van der Waals surface area contributed by atoms with E-state index < -0.39 is 0 Å². The predicted molar refractivity (Wildman–Crippen MR) is 104 cm³/mol. The molecule has 22 heavy (non-hydrogen) atoms. The molecule has 1 aromatic heterocycles. The third-order valence-corrected chi connectivity index (χ3v) is 6.12. The summed E-state index contributed by atoms with van der Waals surface area (Å²) >= 11 is 1.78. The van der Waals surface area contributed by atoms with Crippen molar-refractivity contribution in [3.8, 4) is 0 Å². The number of aromatic nitrogens is 1. The van der Waals surface area contributed by atoms with E-state index in [2.05, 4.69) is 27.5 Å². The van der Waals surface area contributed by atoms with Crippen molar-refractivity contribution in [1.29, 1.82) is 0 Å². The normalized spacial score (nSPS) is 20.0. The SMILES string of the molecule is CCc1cnc(CNC(=NC)NCC2(C3CC3)CCC2)s1.I. The quantitative estimate of drug-likeness (QED) is 0.409. The molecule has 124 valence electrons. The van der Waals surface area contributed by atoms with Gasteiger partial charge in [0, 0.05) is 24.7 Å². The van der Waals surface area contributed by atoms with Crippen molar-refractivity contribution in [2.24, 2.45) is 16.3 Å². The summed E-state index contributed by atoms with van der Waals surface area (Å²) in [7, 11) is 1.85. The fourth-order valence-corrected chi connectivity index (χ4v) is 4.09. The highest BCUT2D eigenvalue weighted by molar-refractivity contribution is 14.0. The lowest BCUT2D eigenvalue weighted by Crippen LogP contribution is -2.47. The summed E-state index contributed by atoms with van der Waals surface area (Å²) in [5.41, 5.74) is 0.578. The van der Waals surface area contributed by atoms with Gasteiger partial charge in [0.25, 0.3) is 0 Å². The smallest absolute Gasteiger partial charge is 0.191 e. The second kappa shape index (κ2) is 7.95. The summed E-state index contributed by atoms with van der Waals surface area (Å²) < 4.78 is 0. The van der Waals surface area contributed by atoms with E-state index in [1.165, 1.54) is 37.0 Å². The molecule has 2 aliphatic rings. The van der Waals surface area contributed by atoms with Crippen LogP contribution in [0.15, 0.2) is 11.2 Å². The molecule has 2 fully saturated rings. The Morgan fingerprint density at radius 1 is 1.41 bits per heavy atom. The second-order valence-corrected chi connectivity index (χ2v) is 7.54. The maximum absolute atomic E-state index is 4.44. The molecule has 0 atom stereocenters. The summed E-state index contributed by atoms with van der Waals surface area (Å²) in [4.78, 5) is 10.1. The fourth-order valence-electron chi connectivity index (χ4n) is 3.29. The average molecular weight is 434 g/mol. The van der Waals surface area contributed by atoms with Gasteiger partial charge in [-0.2, -0.15) is 0 Å². The van der Waals surface area contributed by atoms with E-state index in [0.29, 0.717) is 5.41 Å². The lowest BCUT2D eigenvalue weighted by molar-refractivity contribution is 0.106. The molecule has 2 aliphatic carbocycles. The van der Waals surface area contributed by atoms with Gasteiger partial charge in [-0.15, -0.1) is 35.3 Å². The first-order valence-electron chi connectivity index (χ1n) is 8.14. The molecule has 0 bridgehead atoms. The minimum absolute atomic E-state index is 0. The van der Waals surface area contributed by atoms with E-state index in [9.17, 15) is 0 Å². The van der Waals surface area contributed by atoms with Crippen LogP contribution in [0.3, 0.4) is 0 Å². The zero-order valence-corrected chi connectivity index (χ0v) is 16.7. The van der Waals surface area contributed by atoms with Crippen LogP contribution >= 0.6 is 35.3 Å². The molecular formula is C16H27IN4S. The van der Waals surface area contributed by atoms with Gasteiger partial charge >= 0.3 is 0 Å². The Balaban J connectivity index is 0.00000176. The Morgan fingerprint density at radius 3 is 2.68 bits per heavy atom. The van der Waals surface area contributed by atoms with E-state index >= 15 is 0 Å². The molecule has 3 rings (SSSR count). The van der Waals surface area contributed by atoms with Crippen LogP contribution in [0.5, 0.6) is 0 Å². The number of halogens is 1. The number of hydrogen-bond acceptors (Lipinski definition) is 3. The average Bonchev–Trinajstić information content (AvgIpc) is 3.20. The maximum Gasteiger partial charge on any atom is 0.191 e. The molecule has 1 aromatic rings. The van der Waals surface area contributed by atoms with Crippen LogP contribution in [0.1, 0.15) is 48.9 Å². The molecule has 0 unspecified atom stereocenters. The molecule has 0 saturated heterocycles. The Labute approximate surface area is 154 Å². The lowest BCUT2D eigenvalue weighted by Gasteiger charge is -2.43. The van der Waals surface area contributed by atoms with Gasteiger partial charge in [0.05, 0.1) is 6.54 Å². The Bertz CT molecular complexity index is 506. The number of nitrogens with zero attached hydrogens (tertiary/aromatic N) is 2. The predicted octanol–water partition coefficient (Wildman–Crippen LogP) is 3.57. The summed E-state index contributed by atoms with van der Waals surface area (Å²) in [6.07, 6.45) is 10.1. The Kier molecular flexibility index (Phi) is 6.49. The molecule has 0 aliphatic heterocycles. The third kappa shape index (κ3) is 4.13. The molecule has 0 amide bonds. The third-order valence-electron chi connectivity index (χ3n) is 4.98. The monoisotopic (exact) mass is 434 g/mol. The number of aryl methyl sites for hydroxylation is 1. The van der Waals surface area contributed by atoms with Crippen molar-refractivity contribution in [3.05, 3.63) is 16.1 Å². The van der Waals surface area contributed by atoms with Gasteiger partial charge in [-0.3, -0.25) is 4.99 Å². The highest BCUT2D eigenvalue weighted by Crippen LogP contribution is 2.56. The van der Waals surface area contributed by atoms with Crippen molar-refractivity contribution in [2.45, 2.75) is 52.0 Å². The summed E-state index contributed by atoms with van der Waals surface area (Å²) in [5.74, 6) is 1.89. The molecule has 1 heterocycles. The van der Waals surface area contributed by atoms with Crippen molar-refractivity contribution in [3.63, 3.8) is 0 Å². The van der Waals surface area contributed by atoms with Crippen molar-refractivity contribution in [2.75, 3.05) is 13.6 Å². The maximum atomic E-state index is 4.44. The number of nitrogens with one attached hydrogen (secondary N) is 2. The number of rotatable bonds is 6. The minimum atomic E-state index is 0. The van der Waals surface area contributed by atoms with E-state index in [0.717, 1.165) is 36.4 Å². The highest BCUT2D eigenvalue weighted by atomic mass is 127. The van der Waals surface area contributed by atoms with Crippen LogP contribution in [0.2, 0.25) is 0 Å². The summed E-state index contributed by atoms with van der Waals surface area (Å²) in [6, 6.07) is 0. The number of aliphatic imine (C=N–C) groups is 1. The molecule has 0 aromatic carbocycles. The van der Waals surface area contributed by atoms with E-state index in [4.69, 9.17) is 0 Å². The number of hydrogen-bond donors (Lipinski definition) is 2. The number of guanidine groups is 1. The molecule has 0 spiro atoms. The van der Waals surface area contributed by atoms with Crippen LogP contribution in [-0.2, 0) is 13.0 Å². The van der Waals surface area contributed by atoms with E-state index in [1.54, 1.807) is 11.3 Å². The standard InChI is InChI=1S/C16H26N4S.HI/c1-3-13-9-18-14(21-13)10-19-15(17-2)20-11-16(7-4-8-16)12-5-6-12;/h9,12H,3-8,10-11H2,1-2H3,(H2,17,19,20);1H. The zero-order valence-electron chi connectivity index (χ0n) is 13.5. The van der Waals surface area contributed by atoms with Crippen molar-refractivity contribution >= 4 is 41.3 Å². The van der Waals surface area contributed by atoms with Gasteiger partial charge in [-0.05, 0) is 43.4 Å². The first-order valence-corrected chi connectivity index (χ1v) is 8.95. The zero-order chi connectivity index (χ0) is 14.7. The van der Waals surface area contributed by atoms with Crippen molar-refractivity contribution in [1.82, 2.24) is 15.6 Å². The molecular weight excluding hydrogens is 407 g/mol. The largest absolute Gasteiger partial charge is 0.356 e. The minimum Gasteiger partial charge on any atom is -0.356 e. The first-order chi connectivity index (χ1) is 10.3. The van der Waals surface area contributed by atoms with Crippen molar-refractivity contribution < 1.29 is 0 Å². The lowest BCUT2D eigenvalue weighted by atomic mass is 9.65. The molecule has 2 N–H and O–H groups in total. The van der Waals surface area contributed by atoms with E-state index in [-0.39, 0.29) is 24.0 Å². The topological polar surface area (TPSA) is 49.3 Å². The number of thiazole rings is 1. The fraction of sp³-hybridized carbons (Fsp3) is 0.750. The molecule has 6 heteroatoms. The van der Waals surface area contributed by atoms with Crippen LogP contribution in [0.4, 0.5) is 0 Å². The molecule has 2 saturated carbocycles. The van der Waals surface area contributed by atoms with E-state index in [1.807, 2.05) is 13.2 Å². The van der Waals surface area contributed by atoms with Crippen LogP contribution in [-0.4, -0.2) is 24.5 Å². The van der Waals surface area contributed by atoms with Crippen LogP contribution in [0, 0.1) is 11.3 Å². The van der Waals surface area contributed by atoms with Crippen LogP contribution in [0.25, 0.3) is 0 Å². The summed E-state index contributed by atoms with van der Waals surface area (Å²) in [6.45, 7) is 4.01. The van der Waals surface area contributed by atoms with Gasteiger partial charge in [0.1, 0.15) is 5.01 Å². The van der Waals surface area contributed by atoms with Crippen LogP contribution < -0.4 is 10.6 Å². The van der Waals surface area contributed by atoms with Gasteiger partial charge in [0.2, 0.25) is 0 Å². The molecule has 4 nitrogen and oxygen atoms in total. The van der Waals surface area contributed by atoms with Gasteiger partial charge in [0.15, 0.2) is 5.96 Å². The molecule has 0 radical (unpaired) electrons.